The zero-order valence-electron chi connectivity index (χ0n) is 18.1. The number of methoxy groups -OCH3 is 1. The largest absolute Gasteiger partial charge is 0.493 e. The summed E-state index contributed by atoms with van der Waals surface area (Å²) < 4.78 is 11.0. The van der Waals surface area contributed by atoms with Crippen molar-refractivity contribution in [2.24, 2.45) is 28.8 Å². The molecule has 4 unspecified atom stereocenters. The van der Waals surface area contributed by atoms with Gasteiger partial charge >= 0.3 is 5.69 Å². The van der Waals surface area contributed by atoms with Crippen LogP contribution in [0.15, 0.2) is 53.7 Å². The van der Waals surface area contributed by atoms with Gasteiger partial charge in [-0.3, -0.25) is 19.7 Å². The zero-order chi connectivity index (χ0) is 24.0. The first kappa shape index (κ1) is 22.1. The molecular weight excluding hydrogens is 462 g/mol. The van der Waals surface area contributed by atoms with Crippen LogP contribution in [0, 0.1) is 33.8 Å². The normalized spacial score (nSPS) is 24.8. The zero-order valence-corrected chi connectivity index (χ0v) is 18.8. The van der Waals surface area contributed by atoms with Crippen LogP contribution in [0.1, 0.15) is 17.5 Å². The second kappa shape index (κ2) is 8.57. The molecule has 2 aliphatic carbocycles. The number of nitro groups is 1. The number of fused-ring (bicyclic) bond motifs is 5. The molecule has 9 nitrogen and oxygen atoms in total. The summed E-state index contributed by atoms with van der Waals surface area (Å²) in [6.07, 6.45) is 6.07. The van der Waals surface area contributed by atoms with Crippen LogP contribution in [0.3, 0.4) is 0 Å². The number of rotatable bonds is 7. The Labute approximate surface area is 199 Å². The molecule has 5 rings (SSSR count). The predicted octanol–water partition coefficient (Wildman–Crippen LogP) is 3.98. The Bertz CT molecular complexity index is 1230. The summed E-state index contributed by atoms with van der Waals surface area (Å²) in [7, 11) is 1.36. The quantitative estimate of drug-likeness (QED) is 0.194. The van der Waals surface area contributed by atoms with Gasteiger partial charge < -0.3 is 9.47 Å². The smallest absolute Gasteiger partial charge is 0.315 e. The molecule has 4 atom stereocenters. The van der Waals surface area contributed by atoms with Gasteiger partial charge in [0, 0.05) is 22.2 Å². The number of hydrogen-bond acceptors (Lipinski definition) is 7. The SMILES string of the molecule is COc1cc(C=NN2C(=O)C3C4C=CC(C4)C3C2=O)cc([N+](=O)[O-])c1OCc1ccccc1Cl. The average molecular weight is 482 g/mol. The van der Waals surface area contributed by atoms with E-state index in [0.29, 0.717) is 10.6 Å². The molecule has 0 radical (unpaired) electrons. The van der Waals surface area contributed by atoms with Crippen LogP contribution in [0.5, 0.6) is 11.5 Å². The Morgan fingerprint density at radius 1 is 1.18 bits per heavy atom. The minimum Gasteiger partial charge on any atom is -0.493 e. The minimum absolute atomic E-state index is 0.000235. The number of nitro benzene ring substituents is 1. The van der Waals surface area contributed by atoms with E-state index in [1.54, 1.807) is 24.3 Å². The number of hydrogen-bond donors (Lipinski definition) is 0. The standard InChI is InChI=1S/C24H20ClN3O6/c1-33-19-9-13(8-18(28(31)32)22(19)34-12-16-4-2-3-5-17(16)25)11-26-27-23(29)20-14-6-7-15(10-14)21(20)24(27)30/h2-9,11,14-15,20-21H,10,12H2,1H3. The first-order valence-electron chi connectivity index (χ1n) is 10.7. The number of imide groups is 1. The van der Waals surface area contributed by atoms with Crippen LogP contribution >= 0.6 is 11.6 Å². The maximum Gasteiger partial charge on any atom is 0.315 e. The highest BCUT2D eigenvalue weighted by molar-refractivity contribution is 6.31. The molecule has 2 amide bonds. The van der Waals surface area contributed by atoms with E-state index >= 15 is 0 Å². The number of allylic oxidation sites excluding steroid dienone is 2. The van der Waals surface area contributed by atoms with Gasteiger partial charge in [0.05, 0.1) is 30.1 Å². The summed E-state index contributed by atoms with van der Waals surface area (Å²) in [5, 5.41) is 17.2. The summed E-state index contributed by atoms with van der Waals surface area (Å²) in [5.74, 6) is -1.21. The van der Waals surface area contributed by atoms with Gasteiger partial charge in [0.15, 0.2) is 5.75 Å². The number of ether oxygens (including phenoxy) is 2. The van der Waals surface area contributed by atoms with Gasteiger partial charge in [0.25, 0.3) is 11.8 Å². The number of carbonyl (C=O) groups excluding carboxylic acids is 2. The molecule has 1 aliphatic heterocycles. The number of nitrogens with zero attached hydrogens (tertiary/aromatic N) is 3. The lowest BCUT2D eigenvalue weighted by molar-refractivity contribution is -0.386. The number of hydrazone groups is 1. The minimum atomic E-state index is -0.596. The van der Waals surface area contributed by atoms with E-state index in [0.717, 1.165) is 11.4 Å². The topological polar surface area (TPSA) is 111 Å². The highest BCUT2D eigenvalue weighted by atomic mass is 35.5. The van der Waals surface area contributed by atoms with Gasteiger partial charge in [0.1, 0.15) is 6.61 Å². The van der Waals surface area contributed by atoms with Gasteiger partial charge in [-0.25, -0.2) is 0 Å². The number of halogens is 1. The fourth-order valence-corrected chi connectivity index (χ4v) is 5.20. The van der Waals surface area contributed by atoms with Crippen LogP contribution < -0.4 is 9.47 Å². The number of carbonyl (C=O) groups is 2. The van der Waals surface area contributed by atoms with Gasteiger partial charge in [-0.2, -0.15) is 10.1 Å². The maximum absolute atomic E-state index is 12.8. The van der Waals surface area contributed by atoms with E-state index in [1.165, 1.54) is 25.5 Å². The maximum atomic E-state index is 12.8. The summed E-state index contributed by atoms with van der Waals surface area (Å²) >= 11 is 6.15. The first-order chi connectivity index (χ1) is 16.4. The second-order valence-corrected chi connectivity index (χ2v) is 8.85. The molecule has 1 saturated carbocycles. The lowest BCUT2D eigenvalue weighted by Crippen LogP contribution is -2.28. The monoisotopic (exact) mass is 481 g/mol. The third-order valence-electron chi connectivity index (χ3n) is 6.57. The molecule has 0 spiro atoms. The van der Waals surface area contributed by atoms with Gasteiger partial charge in [-0.1, -0.05) is 42.0 Å². The lowest BCUT2D eigenvalue weighted by Gasteiger charge is -2.13. The third-order valence-corrected chi connectivity index (χ3v) is 6.94. The Balaban J connectivity index is 1.40. The van der Waals surface area contributed by atoms with Crippen LogP contribution in [-0.2, 0) is 16.2 Å². The molecule has 3 aliphatic rings. The molecule has 0 N–H and O–H groups in total. The fourth-order valence-electron chi connectivity index (χ4n) is 5.01. The Morgan fingerprint density at radius 2 is 1.85 bits per heavy atom. The third kappa shape index (κ3) is 3.62. The summed E-state index contributed by atoms with van der Waals surface area (Å²) in [5.41, 5.74) is 0.602. The summed E-state index contributed by atoms with van der Waals surface area (Å²) in [4.78, 5) is 36.8. The molecule has 1 heterocycles. The van der Waals surface area contributed by atoms with Crippen molar-refractivity contribution in [2.75, 3.05) is 7.11 Å². The molecule has 2 aromatic carbocycles. The Kier molecular flexibility index (Phi) is 5.57. The fraction of sp³-hybridized carbons (Fsp3) is 0.292. The molecule has 2 bridgehead atoms. The van der Waals surface area contributed by atoms with Crippen molar-refractivity contribution in [3.8, 4) is 11.5 Å². The van der Waals surface area contributed by atoms with Crippen molar-refractivity contribution in [2.45, 2.75) is 13.0 Å². The van der Waals surface area contributed by atoms with E-state index in [-0.39, 0.29) is 64.8 Å². The second-order valence-electron chi connectivity index (χ2n) is 8.44. The molecular formula is C24H20ClN3O6. The van der Waals surface area contributed by atoms with Crippen molar-refractivity contribution in [3.05, 3.63) is 74.8 Å². The van der Waals surface area contributed by atoms with E-state index < -0.39 is 4.92 Å². The predicted molar refractivity (Wildman–Crippen MR) is 123 cm³/mol. The van der Waals surface area contributed by atoms with E-state index in [9.17, 15) is 19.7 Å². The summed E-state index contributed by atoms with van der Waals surface area (Å²) in [6.45, 7) is 0.000235. The lowest BCUT2D eigenvalue weighted by atomic mass is 9.85. The van der Waals surface area contributed by atoms with Crippen LogP contribution in [0.25, 0.3) is 0 Å². The highest BCUT2D eigenvalue weighted by Gasteiger charge is 2.59. The van der Waals surface area contributed by atoms with Crippen molar-refractivity contribution >= 4 is 35.3 Å². The van der Waals surface area contributed by atoms with E-state index in [4.69, 9.17) is 21.1 Å². The first-order valence-corrected chi connectivity index (χ1v) is 11.1. The van der Waals surface area contributed by atoms with Gasteiger partial charge in [-0.05, 0) is 30.4 Å². The van der Waals surface area contributed by atoms with Gasteiger partial charge in [0.2, 0.25) is 5.75 Å². The average Bonchev–Trinajstić information content (AvgIpc) is 3.51. The highest BCUT2D eigenvalue weighted by Crippen LogP contribution is 2.52. The molecule has 10 heteroatoms. The van der Waals surface area contributed by atoms with Crippen LogP contribution in [0.4, 0.5) is 5.69 Å². The van der Waals surface area contributed by atoms with Gasteiger partial charge in [-0.15, -0.1) is 0 Å². The van der Waals surface area contributed by atoms with Crippen molar-refractivity contribution in [1.29, 1.82) is 0 Å². The van der Waals surface area contributed by atoms with E-state index in [1.807, 2.05) is 12.2 Å². The summed E-state index contributed by atoms with van der Waals surface area (Å²) in [6, 6.07) is 9.76. The van der Waals surface area contributed by atoms with Crippen molar-refractivity contribution < 1.29 is 24.0 Å². The van der Waals surface area contributed by atoms with Crippen LogP contribution in [0.2, 0.25) is 5.02 Å². The number of amides is 2. The molecule has 2 aromatic rings. The molecule has 0 aromatic heterocycles. The molecule has 174 valence electrons. The Morgan fingerprint density at radius 3 is 2.47 bits per heavy atom. The van der Waals surface area contributed by atoms with Crippen molar-refractivity contribution in [3.63, 3.8) is 0 Å². The van der Waals surface area contributed by atoms with Crippen molar-refractivity contribution in [1.82, 2.24) is 5.01 Å². The molecule has 1 saturated heterocycles. The Hall–Kier alpha value is -3.72. The van der Waals surface area contributed by atoms with E-state index in [2.05, 4.69) is 5.10 Å². The number of benzene rings is 2. The molecule has 34 heavy (non-hydrogen) atoms. The molecule has 2 fully saturated rings. The van der Waals surface area contributed by atoms with Crippen LogP contribution in [-0.4, -0.2) is 35.1 Å².